The predicted octanol–water partition coefficient (Wildman–Crippen LogP) is 2.19. The summed E-state index contributed by atoms with van der Waals surface area (Å²) in [6.45, 7) is 2.23. The Kier molecular flexibility index (Phi) is 5.31. The fraction of sp³-hybridized carbons (Fsp3) is 0.333. The largest absolute Gasteiger partial charge is 0.494 e. The lowest BCUT2D eigenvalue weighted by atomic mass is 9.98. The Labute approximate surface area is 157 Å². The molecule has 3 rings (SSSR count). The lowest BCUT2D eigenvalue weighted by molar-refractivity contribution is 0.0723. The number of carbonyl (C=O) groups is 1. The number of rotatable bonds is 6. The van der Waals surface area contributed by atoms with Crippen LogP contribution in [-0.4, -0.2) is 43.6 Å². The first kappa shape index (κ1) is 19.1. The molecular formula is C18H20FN3O4S. The number of aromatic nitrogens is 1. The van der Waals surface area contributed by atoms with Gasteiger partial charge in [-0.25, -0.2) is 17.8 Å². The number of pyridine rings is 1. The molecule has 0 aliphatic carbocycles. The molecule has 0 bridgehead atoms. The van der Waals surface area contributed by atoms with Crippen LogP contribution in [0.3, 0.4) is 0 Å². The Morgan fingerprint density at radius 3 is 2.63 bits per heavy atom. The lowest BCUT2D eigenvalue weighted by Gasteiger charge is -2.30. The van der Waals surface area contributed by atoms with Gasteiger partial charge in [-0.3, -0.25) is 9.52 Å². The van der Waals surface area contributed by atoms with E-state index in [1.807, 2.05) is 0 Å². The number of amides is 1. The molecule has 7 nitrogen and oxygen atoms in total. The molecule has 1 aromatic heterocycles. The fourth-order valence-electron chi connectivity index (χ4n) is 2.94. The van der Waals surface area contributed by atoms with Crippen LogP contribution in [0.25, 0.3) is 0 Å². The second-order valence-corrected chi connectivity index (χ2v) is 8.15. The fourth-order valence-corrected chi connectivity index (χ4v) is 3.56. The van der Waals surface area contributed by atoms with Gasteiger partial charge in [-0.1, -0.05) is 12.1 Å². The van der Waals surface area contributed by atoms with Crippen LogP contribution in [0.15, 0.2) is 30.5 Å². The first-order valence-electron chi connectivity index (χ1n) is 8.44. The smallest absolute Gasteiger partial charge is 0.258 e. The maximum Gasteiger partial charge on any atom is 0.258 e. The predicted molar refractivity (Wildman–Crippen MR) is 98.7 cm³/mol. The van der Waals surface area contributed by atoms with E-state index in [1.54, 1.807) is 17.0 Å². The Morgan fingerprint density at radius 2 is 2.00 bits per heavy atom. The van der Waals surface area contributed by atoms with Crippen LogP contribution in [0.5, 0.6) is 5.75 Å². The van der Waals surface area contributed by atoms with E-state index in [4.69, 9.17) is 4.74 Å². The van der Waals surface area contributed by atoms with E-state index < -0.39 is 10.0 Å². The monoisotopic (exact) mass is 393 g/mol. The molecular weight excluding hydrogens is 373 g/mol. The van der Waals surface area contributed by atoms with Gasteiger partial charge in [-0.05, 0) is 31.0 Å². The minimum atomic E-state index is -3.52. The summed E-state index contributed by atoms with van der Waals surface area (Å²) in [5.74, 6) is -0.271. The van der Waals surface area contributed by atoms with Crippen LogP contribution in [0, 0.1) is 5.82 Å². The molecule has 2 aromatic rings. The SMILES string of the molecule is CCS(=O)(=O)Nc1ncc(OC)c2c1CCN(Cc1ccc(F)cc1)C2=O. The zero-order chi connectivity index (χ0) is 19.6. The van der Waals surface area contributed by atoms with Gasteiger partial charge in [-0.2, -0.15) is 0 Å². The van der Waals surface area contributed by atoms with Crippen molar-refractivity contribution in [1.82, 2.24) is 9.88 Å². The zero-order valence-corrected chi connectivity index (χ0v) is 15.8. The number of methoxy groups -OCH3 is 1. The molecule has 9 heteroatoms. The molecule has 144 valence electrons. The number of halogens is 1. The number of nitrogens with one attached hydrogen (secondary N) is 1. The van der Waals surface area contributed by atoms with Gasteiger partial charge in [0.05, 0.1) is 24.6 Å². The average Bonchev–Trinajstić information content (AvgIpc) is 2.66. The first-order chi connectivity index (χ1) is 12.8. The Hall–Kier alpha value is -2.68. The highest BCUT2D eigenvalue weighted by atomic mass is 32.2. The number of fused-ring (bicyclic) bond motifs is 1. The molecule has 0 atom stereocenters. The van der Waals surface area contributed by atoms with E-state index in [-0.39, 0.29) is 23.3 Å². The van der Waals surface area contributed by atoms with E-state index in [0.717, 1.165) is 5.56 Å². The minimum Gasteiger partial charge on any atom is -0.494 e. The van der Waals surface area contributed by atoms with Crippen molar-refractivity contribution < 1.29 is 22.3 Å². The summed E-state index contributed by atoms with van der Waals surface area (Å²) in [6.07, 6.45) is 1.76. The summed E-state index contributed by atoms with van der Waals surface area (Å²) < 4.78 is 44.6. The number of sulfonamides is 1. The van der Waals surface area contributed by atoms with Gasteiger partial charge in [0, 0.05) is 18.7 Å². The van der Waals surface area contributed by atoms with E-state index in [2.05, 4.69) is 9.71 Å². The normalized spacial score (nSPS) is 14.0. The number of ether oxygens (including phenoxy) is 1. The van der Waals surface area contributed by atoms with Crippen LogP contribution in [-0.2, 0) is 23.0 Å². The van der Waals surface area contributed by atoms with E-state index in [1.165, 1.54) is 32.4 Å². The Balaban J connectivity index is 1.94. The third kappa shape index (κ3) is 4.02. The third-order valence-corrected chi connectivity index (χ3v) is 5.68. The summed E-state index contributed by atoms with van der Waals surface area (Å²) in [5.41, 5.74) is 1.62. The first-order valence-corrected chi connectivity index (χ1v) is 10.1. The van der Waals surface area contributed by atoms with E-state index >= 15 is 0 Å². The second-order valence-electron chi connectivity index (χ2n) is 6.14. The lowest BCUT2D eigenvalue weighted by Crippen LogP contribution is -2.38. The van der Waals surface area contributed by atoms with Crippen LogP contribution in [0.4, 0.5) is 10.2 Å². The highest BCUT2D eigenvalue weighted by molar-refractivity contribution is 7.92. The molecule has 1 N–H and O–H groups in total. The number of anilines is 1. The third-order valence-electron chi connectivity index (χ3n) is 4.42. The molecule has 0 saturated heterocycles. The Bertz CT molecular complexity index is 961. The average molecular weight is 393 g/mol. The van der Waals surface area contributed by atoms with Crippen molar-refractivity contribution >= 4 is 21.7 Å². The molecule has 0 radical (unpaired) electrons. The quantitative estimate of drug-likeness (QED) is 0.813. The van der Waals surface area contributed by atoms with Gasteiger partial charge in [0.2, 0.25) is 10.0 Å². The van der Waals surface area contributed by atoms with Crippen molar-refractivity contribution in [1.29, 1.82) is 0 Å². The molecule has 0 spiro atoms. The van der Waals surface area contributed by atoms with Crippen molar-refractivity contribution in [2.24, 2.45) is 0 Å². The molecule has 27 heavy (non-hydrogen) atoms. The molecule has 2 heterocycles. The standard InChI is InChI=1S/C18H20FN3O4S/c1-3-27(24,25)21-17-14-8-9-22(11-12-4-6-13(19)7-5-12)18(23)16(14)15(26-2)10-20-17/h4-7,10H,3,8-9,11H2,1-2H3,(H,20,21). The van der Waals surface area contributed by atoms with E-state index in [0.29, 0.717) is 36.4 Å². The molecule has 1 aliphatic rings. The van der Waals surface area contributed by atoms with Gasteiger partial charge < -0.3 is 9.64 Å². The number of benzene rings is 1. The number of hydrogen-bond acceptors (Lipinski definition) is 5. The summed E-state index contributed by atoms with van der Waals surface area (Å²) in [6, 6.07) is 5.95. The van der Waals surface area contributed by atoms with Crippen LogP contribution < -0.4 is 9.46 Å². The van der Waals surface area contributed by atoms with Crippen molar-refractivity contribution in [3.63, 3.8) is 0 Å². The minimum absolute atomic E-state index is 0.0971. The van der Waals surface area contributed by atoms with Gasteiger partial charge in [0.1, 0.15) is 17.4 Å². The van der Waals surface area contributed by atoms with Gasteiger partial charge >= 0.3 is 0 Å². The topological polar surface area (TPSA) is 88.6 Å². The van der Waals surface area contributed by atoms with Crippen LogP contribution in [0.2, 0.25) is 0 Å². The second kappa shape index (κ2) is 7.51. The molecule has 0 saturated carbocycles. The molecule has 0 unspecified atom stereocenters. The van der Waals surface area contributed by atoms with Crippen molar-refractivity contribution in [2.75, 3.05) is 24.1 Å². The Morgan fingerprint density at radius 1 is 1.30 bits per heavy atom. The van der Waals surface area contributed by atoms with E-state index in [9.17, 15) is 17.6 Å². The number of hydrogen-bond donors (Lipinski definition) is 1. The van der Waals surface area contributed by atoms with Crippen molar-refractivity contribution in [3.05, 3.63) is 53.0 Å². The molecule has 0 fully saturated rings. The molecule has 1 aromatic carbocycles. The van der Waals surface area contributed by atoms with Gasteiger partial charge in [-0.15, -0.1) is 0 Å². The maximum atomic E-state index is 13.1. The van der Waals surface area contributed by atoms with Gasteiger partial charge in [0.25, 0.3) is 5.91 Å². The highest BCUT2D eigenvalue weighted by Crippen LogP contribution is 2.32. The summed E-state index contributed by atoms with van der Waals surface area (Å²) in [7, 11) is -2.09. The maximum absolute atomic E-state index is 13.1. The molecule has 1 aliphatic heterocycles. The summed E-state index contributed by atoms with van der Waals surface area (Å²) in [5, 5.41) is 0. The summed E-state index contributed by atoms with van der Waals surface area (Å²) in [4.78, 5) is 18.8. The number of nitrogens with zero attached hydrogens (tertiary/aromatic N) is 2. The van der Waals surface area contributed by atoms with Gasteiger partial charge in [0.15, 0.2) is 0 Å². The molecule has 1 amide bonds. The summed E-state index contributed by atoms with van der Waals surface area (Å²) >= 11 is 0. The number of carbonyl (C=O) groups excluding carboxylic acids is 1. The van der Waals surface area contributed by atoms with Crippen molar-refractivity contribution in [3.8, 4) is 5.75 Å². The van der Waals surface area contributed by atoms with Crippen molar-refractivity contribution in [2.45, 2.75) is 19.9 Å². The highest BCUT2D eigenvalue weighted by Gasteiger charge is 2.31. The van der Waals surface area contributed by atoms with Crippen LogP contribution in [0.1, 0.15) is 28.4 Å². The zero-order valence-electron chi connectivity index (χ0n) is 15.0. The van der Waals surface area contributed by atoms with Crippen LogP contribution >= 0.6 is 0 Å².